The van der Waals surface area contributed by atoms with Crippen LogP contribution in [0.15, 0.2) is 23.1 Å². The zero-order valence-electron chi connectivity index (χ0n) is 19.7. The number of sulfonamides is 1. The van der Waals surface area contributed by atoms with Crippen LogP contribution in [0.4, 0.5) is 5.69 Å². The van der Waals surface area contributed by atoms with Gasteiger partial charge in [-0.1, -0.05) is 6.92 Å². The molecular weight excluding hydrogens is 438 g/mol. The Hall–Kier alpha value is -1.93. The molecule has 8 heteroatoms. The van der Waals surface area contributed by atoms with Crippen molar-refractivity contribution in [2.75, 3.05) is 31.1 Å². The second-order valence-electron chi connectivity index (χ2n) is 10.6. The summed E-state index contributed by atoms with van der Waals surface area (Å²) in [5.74, 6) is 0.651. The molecule has 33 heavy (non-hydrogen) atoms. The van der Waals surface area contributed by atoms with E-state index in [0.29, 0.717) is 25.3 Å². The van der Waals surface area contributed by atoms with Crippen molar-refractivity contribution < 1.29 is 18.0 Å². The van der Waals surface area contributed by atoms with Crippen LogP contribution in [0, 0.1) is 17.8 Å². The topological polar surface area (TPSA) is 78.0 Å². The number of amides is 2. The summed E-state index contributed by atoms with van der Waals surface area (Å²) in [7, 11) is -3.69. The molecule has 3 aliphatic heterocycles. The van der Waals surface area contributed by atoms with Gasteiger partial charge >= 0.3 is 0 Å². The van der Waals surface area contributed by atoms with Crippen LogP contribution in [-0.2, 0) is 26.0 Å². The molecule has 1 aromatic carbocycles. The fourth-order valence-corrected chi connectivity index (χ4v) is 7.36. The molecule has 180 valence electrons. The fourth-order valence-electron chi connectivity index (χ4n) is 5.79. The van der Waals surface area contributed by atoms with Crippen LogP contribution in [0.3, 0.4) is 0 Å². The maximum absolute atomic E-state index is 13.5. The van der Waals surface area contributed by atoms with Crippen molar-refractivity contribution in [1.29, 1.82) is 0 Å². The van der Waals surface area contributed by atoms with Gasteiger partial charge in [-0.05, 0) is 81.5 Å². The molecule has 1 saturated carbocycles. The van der Waals surface area contributed by atoms with E-state index in [9.17, 15) is 18.0 Å². The van der Waals surface area contributed by atoms with Gasteiger partial charge in [0.05, 0.1) is 10.8 Å². The highest BCUT2D eigenvalue weighted by atomic mass is 32.2. The number of nitrogens with zero attached hydrogens (tertiary/aromatic N) is 3. The molecule has 0 spiro atoms. The second-order valence-corrected chi connectivity index (χ2v) is 12.5. The Labute approximate surface area is 197 Å². The van der Waals surface area contributed by atoms with Crippen molar-refractivity contribution in [2.24, 2.45) is 17.8 Å². The third-order valence-corrected chi connectivity index (χ3v) is 9.63. The zero-order valence-corrected chi connectivity index (χ0v) is 20.5. The van der Waals surface area contributed by atoms with Gasteiger partial charge in [0, 0.05) is 43.8 Å². The van der Waals surface area contributed by atoms with Crippen LogP contribution in [0.2, 0.25) is 0 Å². The Balaban J connectivity index is 1.33. The van der Waals surface area contributed by atoms with Crippen LogP contribution in [0.1, 0.15) is 57.9 Å². The minimum Gasteiger partial charge on any atom is -0.342 e. The van der Waals surface area contributed by atoms with Crippen molar-refractivity contribution >= 4 is 27.5 Å². The van der Waals surface area contributed by atoms with Crippen LogP contribution < -0.4 is 4.90 Å². The van der Waals surface area contributed by atoms with Crippen LogP contribution in [0.5, 0.6) is 0 Å². The summed E-state index contributed by atoms with van der Waals surface area (Å²) >= 11 is 0. The van der Waals surface area contributed by atoms with E-state index >= 15 is 0 Å². The Morgan fingerprint density at radius 3 is 2.39 bits per heavy atom. The zero-order chi connectivity index (χ0) is 23.3. The molecular formula is C25H35N3O4S. The number of anilines is 1. The van der Waals surface area contributed by atoms with Gasteiger partial charge in [0.1, 0.15) is 0 Å². The van der Waals surface area contributed by atoms with E-state index in [-0.39, 0.29) is 41.1 Å². The van der Waals surface area contributed by atoms with Gasteiger partial charge in [0.15, 0.2) is 0 Å². The summed E-state index contributed by atoms with van der Waals surface area (Å²) < 4.78 is 28.5. The van der Waals surface area contributed by atoms with Crippen molar-refractivity contribution in [1.82, 2.24) is 9.21 Å². The van der Waals surface area contributed by atoms with Crippen LogP contribution in [0.25, 0.3) is 0 Å². The van der Waals surface area contributed by atoms with Gasteiger partial charge in [-0.15, -0.1) is 0 Å². The van der Waals surface area contributed by atoms with E-state index in [1.54, 1.807) is 18.2 Å². The lowest BCUT2D eigenvalue weighted by atomic mass is 9.94. The molecule has 3 unspecified atom stereocenters. The largest absolute Gasteiger partial charge is 0.342 e. The fraction of sp³-hybridized carbons (Fsp3) is 0.680. The molecule has 2 amide bonds. The second kappa shape index (κ2) is 8.69. The standard InChI is InChI=1S/C25H35N3O4S/c1-17-5-3-11-26(15-17)24(29)20-6-4-12-27(16-20)33(31,32)22-9-10-23-21(14-22)13-18(2)28(23)25(30)19-7-8-19/h9-10,14,17-20H,3-8,11-13,15-16H2,1-2H3. The van der Waals surface area contributed by atoms with Crippen LogP contribution >= 0.6 is 0 Å². The molecule has 5 rings (SSSR count). The lowest BCUT2D eigenvalue weighted by Crippen LogP contribution is -2.48. The van der Waals surface area contributed by atoms with Crippen molar-refractivity contribution in [3.05, 3.63) is 23.8 Å². The normalized spacial score (nSPS) is 28.6. The highest BCUT2D eigenvalue weighted by Gasteiger charge is 2.41. The number of benzene rings is 1. The van der Waals surface area contributed by atoms with Crippen LogP contribution in [-0.4, -0.2) is 61.7 Å². The lowest BCUT2D eigenvalue weighted by molar-refractivity contribution is -0.138. The van der Waals surface area contributed by atoms with Crippen molar-refractivity contribution in [3.8, 4) is 0 Å². The third-order valence-electron chi connectivity index (χ3n) is 7.77. The molecule has 0 bridgehead atoms. The lowest BCUT2D eigenvalue weighted by Gasteiger charge is -2.37. The molecule has 3 fully saturated rings. The average Bonchev–Trinajstić information content (AvgIpc) is 3.60. The summed E-state index contributed by atoms with van der Waals surface area (Å²) in [6.07, 6.45) is 6.20. The van der Waals surface area contributed by atoms with E-state index < -0.39 is 10.0 Å². The maximum atomic E-state index is 13.5. The van der Waals surface area contributed by atoms with E-state index in [2.05, 4.69) is 6.92 Å². The molecule has 1 aliphatic carbocycles. The summed E-state index contributed by atoms with van der Waals surface area (Å²) in [5, 5.41) is 0. The van der Waals surface area contributed by atoms with E-state index in [4.69, 9.17) is 0 Å². The highest BCUT2D eigenvalue weighted by molar-refractivity contribution is 7.89. The molecule has 0 N–H and O–H groups in total. The Morgan fingerprint density at radius 2 is 1.67 bits per heavy atom. The first-order valence-electron chi connectivity index (χ1n) is 12.5. The minimum atomic E-state index is -3.69. The number of likely N-dealkylation sites (tertiary alicyclic amines) is 1. The van der Waals surface area contributed by atoms with Crippen molar-refractivity contribution in [2.45, 2.75) is 69.7 Å². The maximum Gasteiger partial charge on any atom is 0.243 e. The summed E-state index contributed by atoms with van der Waals surface area (Å²) in [4.78, 5) is 29.9. The first kappa shape index (κ1) is 22.8. The molecule has 4 aliphatic rings. The van der Waals surface area contributed by atoms with E-state index in [1.165, 1.54) is 4.31 Å². The number of hydrogen-bond donors (Lipinski definition) is 0. The van der Waals surface area contributed by atoms with Gasteiger partial charge in [-0.25, -0.2) is 8.42 Å². The van der Waals surface area contributed by atoms with Crippen molar-refractivity contribution in [3.63, 3.8) is 0 Å². The molecule has 3 heterocycles. The number of fused-ring (bicyclic) bond motifs is 1. The van der Waals surface area contributed by atoms with Gasteiger partial charge < -0.3 is 9.80 Å². The molecule has 3 atom stereocenters. The predicted octanol–water partition coefficient (Wildman–Crippen LogP) is 3.03. The first-order valence-corrected chi connectivity index (χ1v) is 13.9. The van der Waals surface area contributed by atoms with E-state index in [1.807, 2.05) is 16.7 Å². The average molecular weight is 474 g/mol. The summed E-state index contributed by atoms with van der Waals surface area (Å²) in [6.45, 7) is 6.46. The smallest absolute Gasteiger partial charge is 0.243 e. The third kappa shape index (κ3) is 4.32. The SMILES string of the molecule is CC1CCCN(C(=O)C2CCCN(S(=O)(=O)c3ccc4c(c3)CC(C)N4C(=O)C3CC3)C2)C1. The molecule has 0 radical (unpaired) electrons. The Kier molecular flexibility index (Phi) is 6.02. The molecule has 1 aromatic rings. The summed E-state index contributed by atoms with van der Waals surface area (Å²) in [6, 6.07) is 5.24. The Bertz CT molecular complexity index is 1050. The number of hydrogen-bond acceptors (Lipinski definition) is 4. The number of rotatable bonds is 4. The molecule has 7 nitrogen and oxygen atoms in total. The van der Waals surface area contributed by atoms with E-state index in [0.717, 1.165) is 56.4 Å². The van der Waals surface area contributed by atoms with Gasteiger partial charge in [0.2, 0.25) is 21.8 Å². The number of carbonyl (C=O) groups is 2. The minimum absolute atomic E-state index is 0.0509. The first-order chi connectivity index (χ1) is 15.8. The number of carbonyl (C=O) groups excluding carboxylic acids is 2. The summed E-state index contributed by atoms with van der Waals surface area (Å²) in [5.41, 5.74) is 1.77. The monoisotopic (exact) mass is 473 g/mol. The van der Waals surface area contributed by atoms with Gasteiger partial charge in [-0.2, -0.15) is 4.31 Å². The van der Waals surface area contributed by atoms with Gasteiger partial charge in [0.25, 0.3) is 0 Å². The predicted molar refractivity (Wildman–Crippen MR) is 126 cm³/mol. The highest BCUT2D eigenvalue weighted by Crippen LogP contribution is 2.40. The molecule has 0 aromatic heterocycles. The quantitative estimate of drug-likeness (QED) is 0.673. The molecule has 2 saturated heterocycles. The Morgan fingerprint density at radius 1 is 0.909 bits per heavy atom. The van der Waals surface area contributed by atoms with Gasteiger partial charge in [-0.3, -0.25) is 9.59 Å². The number of piperidine rings is 2.